The van der Waals surface area contributed by atoms with Crippen LogP contribution >= 0.6 is 11.6 Å². The van der Waals surface area contributed by atoms with Gasteiger partial charge in [0.1, 0.15) is 0 Å². The normalized spacial score (nSPS) is 12.5. The first kappa shape index (κ1) is 13.5. The molecule has 0 atom stereocenters. The topological polar surface area (TPSA) is 41.3 Å². The number of hydrogen-bond donors (Lipinski definition) is 1. The van der Waals surface area contributed by atoms with Gasteiger partial charge in [-0.25, -0.2) is 0 Å². The van der Waals surface area contributed by atoms with E-state index >= 15 is 0 Å². The number of aryl methyl sites for hydroxylation is 2. The Labute approximate surface area is 102 Å². The van der Waals surface area contributed by atoms with E-state index < -0.39 is 0 Å². The van der Waals surface area contributed by atoms with E-state index in [1.54, 1.807) is 4.68 Å². The van der Waals surface area contributed by atoms with E-state index in [-0.39, 0.29) is 12.1 Å². The Bertz CT molecular complexity index is 374. The zero-order chi connectivity index (χ0) is 12.5. The number of rotatable bonds is 4. The van der Waals surface area contributed by atoms with Crippen molar-refractivity contribution < 1.29 is 5.11 Å². The highest BCUT2D eigenvalue weighted by atomic mass is 35.5. The van der Waals surface area contributed by atoms with Crippen LogP contribution in [0, 0.1) is 6.92 Å². The Morgan fingerprint density at radius 3 is 2.44 bits per heavy atom. The predicted molar refractivity (Wildman–Crippen MR) is 65.6 cm³/mol. The summed E-state index contributed by atoms with van der Waals surface area (Å²) >= 11 is 6.18. The maximum absolute atomic E-state index is 9.29. The summed E-state index contributed by atoms with van der Waals surface area (Å²) in [5.74, 6) is 0. The molecule has 1 heterocycles. The highest BCUT2D eigenvalue weighted by Crippen LogP contribution is 2.23. The van der Waals surface area contributed by atoms with Gasteiger partial charge in [0.05, 0.1) is 23.0 Å². The molecule has 1 N–H and O–H groups in total. The minimum atomic E-state index is -0.262. The van der Waals surface area contributed by atoms with Crippen molar-refractivity contribution in [1.29, 1.82) is 0 Å². The second-order valence-corrected chi connectivity index (χ2v) is 5.17. The number of aliphatic hydroxyl groups excluding tert-OH is 1. The summed E-state index contributed by atoms with van der Waals surface area (Å²) in [6, 6.07) is 0. The molecule has 0 aromatic carbocycles. The molecule has 0 bridgehead atoms. The van der Waals surface area contributed by atoms with Crippen LogP contribution in [0.3, 0.4) is 0 Å². The van der Waals surface area contributed by atoms with Gasteiger partial charge in [-0.3, -0.25) is 9.58 Å². The molecule has 16 heavy (non-hydrogen) atoms. The van der Waals surface area contributed by atoms with Crippen molar-refractivity contribution >= 4 is 11.6 Å². The molecule has 0 radical (unpaired) electrons. The average molecular weight is 246 g/mol. The third-order valence-electron chi connectivity index (χ3n) is 3.07. The van der Waals surface area contributed by atoms with Crippen molar-refractivity contribution in [1.82, 2.24) is 14.7 Å². The summed E-state index contributed by atoms with van der Waals surface area (Å²) < 4.78 is 1.79. The molecule has 5 heteroatoms. The van der Waals surface area contributed by atoms with Crippen LogP contribution in [0.25, 0.3) is 0 Å². The minimum absolute atomic E-state index is 0.109. The number of aliphatic hydroxyl groups is 1. The molecule has 0 aliphatic carbocycles. The summed E-state index contributed by atoms with van der Waals surface area (Å²) in [6.07, 6.45) is 0. The fraction of sp³-hybridized carbons (Fsp3) is 0.727. The lowest BCUT2D eigenvalue weighted by Gasteiger charge is -2.33. The van der Waals surface area contributed by atoms with E-state index in [1.807, 2.05) is 34.9 Å². The van der Waals surface area contributed by atoms with Gasteiger partial charge in [-0.05, 0) is 27.8 Å². The predicted octanol–water partition coefficient (Wildman–Crippen LogP) is 1.58. The fourth-order valence-corrected chi connectivity index (χ4v) is 1.63. The molecule has 1 aromatic rings. The quantitative estimate of drug-likeness (QED) is 0.876. The number of halogens is 1. The lowest BCUT2D eigenvalue weighted by Crippen LogP contribution is -2.44. The van der Waals surface area contributed by atoms with Gasteiger partial charge in [-0.2, -0.15) is 5.10 Å². The first-order valence-electron chi connectivity index (χ1n) is 5.29. The molecule has 0 saturated heterocycles. The van der Waals surface area contributed by atoms with Crippen LogP contribution in [0.2, 0.25) is 5.02 Å². The summed E-state index contributed by atoms with van der Waals surface area (Å²) in [7, 11) is 3.85. The van der Waals surface area contributed by atoms with Gasteiger partial charge in [-0.1, -0.05) is 11.6 Å². The molecule has 0 aliphatic rings. The van der Waals surface area contributed by atoms with Crippen molar-refractivity contribution in [3.05, 3.63) is 16.4 Å². The largest absolute Gasteiger partial charge is 0.394 e. The Morgan fingerprint density at radius 2 is 2.06 bits per heavy atom. The second-order valence-electron chi connectivity index (χ2n) is 4.80. The summed E-state index contributed by atoms with van der Waals surface area (Å²) in [4.78, 5) is 2.06. The molecule has 1 aromatic heterocycles. The van der Waals surface area contributed by atoms with E-state index in [1.165, 1.54) is 0 Å². The van der Waals surface area contributed by atoms with Gasteiger partial charge in [0, 0.05) is 19.1 Å². The van der Waals surface area contributed by atoms with E-state index in [4.69, 9.17) is 11.6 Å². The van der Waals surface area contributed by atoms with Crippen molar-refractivity contribution in [3.63, 3.8) is 0 Å². The Hall–Kier alpha value is -0.580. The van der Waals surface area contributed by atoms with Crippen molar-refractivity contribution in [2.24, 2.45) is 7.05 Å². The van der Waals surface area contributed by atoms with Crippen molar-refractivity contribution in [2.45, 2.75) is 32.9 Å². The van der Waals surface area contributed by atoms with Gasteiger partial charge >= 0.3 is 0 Å². The smallest absolute Gasteiger partial charge is 0.0860 e. The van der Waals surface area contributed by atoms with Crippen LogP contribution in [-0.4, -0.2) is 39.0 Å². The lowest BCUT2D eigenvalue weighted by atomic mass is 10.1. The van der Waals surface area contributed by atoms with Crippen LogP contribution in [0.1, 0.15) is 25.2 Å². The molecule has 0 unspecified atom stereocenters. The Morgan fingerprint density at radius 1 is 1.50 bits per heavy atom. The molecule has 0 aliphatic heterocycles. The van der Waals surface area contributed by atoms with E-state index in [0.29, 0.717) is 11.6 Å². The maximum atomic E-state index is 9.29. The Balaban J connectivity index is 2.89. The Kier molecular flexibility index (Phi) is 3.99. The second kappa shape index (κ2) is 4.73. The van der Waals surface area contributed by atoms with Crippen molar-refractivity contribution in [3.8, 4) is 0 Å². The molecule has 0 spiro atoms. The van der Waals surface area contributed by atoms with Crippen molar-refractivity contribution in [2.75, 3.05) is 13.7 Å². The standard InChI is InChI=1S/C11H20ClN3O/c1-8-10(12)9(15(5)13-8)6-14(4)11(2,3)7-16/h16H,6-7H2,1-5H3. The highest BCUT2D eigenvalue weighted by Gasteiger charge is 2.24. The van der Waals surface area contributed by atoms with Crippen LogP contribution in [0.15, 0.2) is 0 Å². The molecule has 92 valence electrons. The summed E-state index contributed by atoms with van der Waals surface area (Å²) in [5, 5.41) is 14.3. The lowest BCUT2D eigenvalue weighted by molar-refractivity contribution is 0.0716. The molecule has 4 nitrogen and oxygen atoms in total. The zero-order valence-electron chi connectivity index (χ0n) is 10.6. The zero-order valence-corrected chi connectivity index (χ0v) is 11.3. The van der Waals surface area contributed by atoms with Gasteiger partial charge < -0.3 is 5.11 Å². The first-order chi connectivity index (χ1) is 7.29. The number of likely N-dealkylation sites (N-methyl/N-ethyl adjacent to an activating group) is 1. The highest BCUT2D eigenvalue weighted by molar-refractivity contribution is 6.31. The first-order valence-corrected chi connectivity index (χ1v) is 5.67. The van der Waals surface area contributed by atoms with Crippen LogP contribution in [0.4, 0.5) is 0 Å². The van der Waals surface area contributed by atoms with Gasteiger partial charge in [-0.15, -0.1) is 0 Å². The minimum Gasteiger partial charge on any atom is -0.394 e. The van der Waals surface area contributed by atoms with Gasteiger partial charge in [0.25, 0.3) is 0 Å². The molecule has 1 rings (SSSR count). The maximum Gasteiger partial charge on any atom is 0.0860 e. The average Bonchev–Trinajstić information content (AvgIpc) is 2.45. The molecule has 0 fully saturated rings. The fourth-order valence-electron chi connectivity index (χ4n) is 1.41. The van der Waals surface area contributed by atoms with Crippen LogP contribution < -0.4 is 0 Å². The molecular weight excluding hydrogens is 226 g/mol. The SMILES string of the molecule is Cc1nn(C)c(CN(C)C(C)(C)CO)c1Cl. The van der Waals surface area contributed by atoms with Gasteiger partial charge in [0.15, 0.2) is 0 Å². The van der Waals surface area contributed by atoms with E-state index in [9.17, 15) is 5.11 Å². The van der Waals surface area contributed by atoms with E-state index in [2.05, 4.69) is 10.00 Å². The third-order valence-corrected chi connectivity index (χ3v) is 3.56. The van der Waals surface area contributed by atoms with Crippen LogP contribution in [0.5, 0.6) is 0 Å². The third kappa shape index (κ3) is 2.56. The molecule has 0 amide bonds. The molecular formula is C11H20ClN3O. The summed E-state index contributed by atoms with van der Waals surface area (Å²) in [5.41, 5.74) is 1.55. The number of aromatic nitrogens is 2. The van der Waals surface area contributed by atoms with Crippen LogP contribution in [-0.2, 0) is 13.6 Å². The monoisotopic (exact) mass is 245 g/mol. The molecule has 0 saturated carbocycles. The number of nitrogens with zero attached hydrogens (tertiary/aromatic N) is 3. The van der Waals surface area contributed by atoms with Gasteiger partial charge in [0.2, 0.25) is 0 Å². The van der Waals surface area contributed by atoms with E-state index in [0.717, 1.165) is 11.4 Å². The summed E-state index contributed by atoms with van der Waals surface area (Å²) in [6.45, 7) is 6.65. The number of hydrogen-bond acceptors (Lipinski definition) is 3.